The highest BCUT2D eigenvalue weighted by molar-refractivity contribution is 8.82. The molecule has 4 nitrogen and oxygen atoms in total. The summed E-state index contributed by atoms with van der Waals surface area (Å²) in [6.07, 6.45) is 0. The van der Waals surface area contributed by atoms with Crippen molar-refractivity contribution in [3.63, 3.8) is 0 Å². The van der Waals surface area contributed by atoms with Crippen LogP contribution < -0.4 is 4.74 Å². The molecular formula is C9H6N2O2S2. The summed E-state index contributed by atoms with van der Waals surface area (Å²) in [7, 11) is 4.22. The minimum absolute atomic E-state index is 0.0322. The van der Waals surface area contributed by atoms with Crippen LogP contribution in [0.2, 0.25) is 0 Å². The Morgan fingerprint density at radius 2 is 2.27 bits per heavy atom. The van der Waals surface area contributed by atoms with Crippen LogP contribution in [0, 0.1) is 11.3 Å². The van der Waals surface area contributed by atoms with Gasteiger partial charge in [0.25, 0.3) is 0 Å². The third-order valence-corrected chi connectivity index (χ3v) is 3.98. The summed E-state index contributed by atoms with van der Waals surface area (Å²) in [5.41, 5.74) is 0.605. The summed E-state index contributed by atoms with van der Waals surface area (Å²) in [6, 6.07) is 5.18. The van der Waals surface area contributed by atoms with Gasteiger partial charge in [-0.05, 0) is 21.6 Å². The molecule has 0 aliphatic carbocycles. The molecule has 0 amide bonds. The zero-order valence-corrected chi connectivity index (χ0v) is 9.35. The fraction of sp³-hybridized carbons (Fsp3) is 0.111. The number of aromatic hydroxyl groups is 1. The van der Waals surface area contributed by atoms with Crippen molar-refractivity contribution in [1.29, 1.82) is 5.26 Å². The molecule has 0 fully saturated rings. The van der Waals surface area contributed by atoms with Crippen LogP contribution in [0.25, 0.3) is 0 Å². The Hall–Kier alpha value is -1.32. The number of fused-ring (bicyclic) bond motifs is 1. The maximum Gasteiger partial charge on any atom is 0.185 e. The number of hydrogen-bond donors (Lipinski definition) is 1. The SMILES string of the molecule is COc1cc2c(cc1O)N=C(C#N)SS2. The molecule has 1 aliphatic rings. The summed E-state index contributed by atoms with van der Waals surface area (Å²) in [6.45, 7) is 0. The number of phenolic OH excluding ortho intramolecular Hbond substituents is 1. The van der Waals surface area contributed by atoms with Gasteiger partial charge in [0.15, 0.2) is 16.5 Å². The number of methoxy groups -OCH3 is 1. The quantitative estimate of drug-likeness (QED) is 0.762. The van der Waals surface area contributed by atoms with Crippen LogP contribution in [0.5, 0.6) is 11.5 Å². The van der Waals surface area contributed by atoms with Gasteiger partial charge in [0.1, 0.15) is 6.07 Å². The van der Waals surface area contributed by atoms with Crippen molar-refractivity contribution in [2.45, 2.75) is 4.90 Å². The monoisotopic (exact) mass is 238 g/mol. The molecule has 1 N–H and O–H groups in total. The second-order valence-electron chi connectivity index (χ2n) is 2.69. The van der Waals surface area contributed by atoms with E-state index in [4.69, 9.17) is 10.00 Å². The maximum absolute atomic E-state index is 9.53. The number of aliphatic imine (C=N–C) groups is 1. The standard InChI is InChI=1S/C9H6N2O2S2/c1-13-7-3-8-5(2-6(7)12)11-9(4-10)15-14-8/h2-3,12H,1H3. The number of phenols is 1. The lowest BCUT2D eigenvalue weighted by molar-refractivity contribution is 0.372. The Labute approximate surface area is 94.4 Å². The molecule has 76 valence electrons. The molecular weight excluding hydrogens is 232 g/mol. The van der Waals surface area contributed by atoms with E-state index < -0.39 is 0 Å². The van der Waals surface area contributed by atoms with Gasteiger partial charge in [0.2, 0.25) is 0 Å². The van der Waals surface area contributed by atoms with Crippen molar-refractivity contribution in [3.8, 4) is 17.6 Å². The lowest BCUT2D eigenvalue weighted by atomic mass is 10.3. The van der Waals surface area contributed by atoms with Crippen LogP contribution >= 0.6 is 21.6 Å². The van der Waals surface area contributed by atoms with Crippen molar-refractivity contribution in [3.05, 3.63) is 12.1 Å². The first-order chi connectivity index (χ1) is 7.24. The fourth-order valence-electron chi connectivity index (χ4n) is 1.11. The van der Waals surface area contributed by atoms with Crippen molar-refractivity contribution in [2.24, 2.45) is 4.99 Å². The van der Waals surface area contributed by atoms with Crippen LogP contribution in [0.3, 0.4) is 0 Å². The summed E-state index contributed by atoms with van der Waals surface area (Å²) < 4.78 is 4.98. The molecule has 15 heavy (non-hydrogen) atoms. The molecule has 1 aromatic carbocycles. The third kappa shape index (κ3) is 1.89. The van der Waals surface area contributed by atoms with E-state index in [0.29, 0.717) is 16.5 Å². The zero-order valence-electron chi connectivity index (χ0n) is 7.72. The van der Waals surface area contributed by atoms with Crippen LogP contribution in [-0.2, 0) is 0 Å². The van der Waals surface area contributed by atoms with Gasteiger partial charge in [-0.1, -0.05) is 0 Å². The van der Waals surface area contributed by atoms with Crippen LogP contribution in [0.4, 0.5) is 5.69 Å². The molecule has 0 spiro atoms. The van der Waals surface area contributed by atoms with Crippen molar-refractivity contribution in [1.82, 2.24) is 0 Å². The van der Waals surface area contributed by atoms with E-state index in [1.54, 1.807) is 6.07 Å². The summed E-state index contributed by atoms with van der Waals surface area (Å²) in [5.74, 6) is 0.447. The Morgan fingerprint density at radius 3 is 2.93 bits per heavy atom. The molecule has 1 aliphatic heterocycles. The van der Waals surface area contributed by atoms with E-state index in [2.05, 4.69) is 4.99 Å². The molecule has 1 heterocycles. The van der Waals surface area contributed by atoms with Gasteiger partial charge < -0.3 is 9.84 Å². The zero-order chi connectivity index (χ0) is 10.8. The van der Waals surface area contributed by atoms with E-state index in [1.165, 1.54) is 34.8 Å². The lowest BCUT2D eigenvalue weighted by Crippen LogP contribution is -1.91. The number of nitrogens with zero attached hydrogens (tertiary/aromatic N) is 2. The van der Waals surface area contributed by atoms with Crippen LogP contribution in [-0.4, -0.2) is 17.3 Å². The highest BCUT2D eigenvalue weighted by Crippen LogP contribution is 2.47. The highest BCUT2D eigenvalue weighted by atomic mass is 33.1. The summed E-state index contributed by atoms with van der Waals surface area (Å²) >= 11 is 0. The molecule has 0 radical (unpaired) electrons. The van der Waals surface area contributed by atoms with Crippen LogP contribution in [0.15, 0.2) is 22.0 Å². The van der Waals surface area contributed by atoms with E-state index >= 15 is 0 Å². The molecule has 6 heteroatoms. The molecule has 0 saturated carbocycles. The van der Waals surface area contributed by atoms with E-state index in [-0.39, 0.29) is 5.75 Å². The Kier molecular flexibility index (Phi) is 2.75. The summed E-state index contributed by atoms with van der Waals surface area (Å²) in [4.78, 5) is 4.97. The lowest BCUT2D eigenvalue weighted by Gasteiger charge is -2.12. The van der Waals surface area contributed by atoms with Gasteiger partial charge in [-0.2, -0.15) is 5.26 Å². The minimum Gasteiger partial charge on any atom is -0.504 e. The van der Waals surface area contributed by atoms with E-state index in [1.807, 2.05) is 6.07 Å². The van der Waals surface area contributed by atoms with Crippen molar-refractivity contribution in [2.75, 3.05) is 7.11 Å². The fourth-order valence-corrected chi connectivity index (χ4v) is 2.93. The first-order valence-electron chi connectivity index (χ1n) is 3.99. The molecule has 1 aromatic rings. The Bertz CT molecular complexity index is 480. The predicted molar refractivity (Wildman–Crippen MR) is 60.8 cm³/mol. The van der Waals surface area contributed by atoms with E-state index in [0.717, 1.165) is 4.90 Å². The Balaban J connectivity index is 2.51. The van der Waals surface area contributed by atoms with Gasteiger partial charge >= 0.3 is 0 Å². The Morgan fingerprint density at radius 1 is 1.47 bits per heavy atom. The normalized spacial score (nSPS) is 13.7. The third-order valence-electron chi connectivity index (χ3n) is 1.79. The van der Waals surface area contributed by atoms with Gasteiger partial charge in [-0.15, -0.1) is 0 Å². The average molecular weight is 238 g/mol. The molecule has 0 aromatic heterocycles. The van der Waals surface area contributed by atoms with E-state index in [9.17, 15) is 5.11 Å². The average Bonchev–Trinajstić information content (AvgIpc) is 2.27. The van der Waals surface area contributed by atoms with Gasteiger partial charge in [-0.3, -0.25) is 0 Å². The van der Waals surface area contributed by atoms with Gasteiger partial charge in [0.05, 0.1) is 12.8 Å². The number of hydrogen-bond acceptors (Lipinski definition) is 6. The highest BCUT2D eigenvalue weighted by Gasteiger charge is 2.16. The molecule has 0 bridgehead atoms. The molecule has 0 atom stereocenters. The molecule has 2 rings (SSSR count). The smallest absolute Gasteiger partial charge is 0.185 e. The van der Waals surface area contributed by atoms with Gasteiger partial charge in [0, 0.05) is 17.0 Å². The second kappa shape index (κ2) is 4.04. The predicted octanol–water partition coefficient (Wildman–Crippen LogP) is 2.71. The van der Waals surface area contributed by atoms with Crippen LogP contribution in [0.1, 0.15) is 0 Å². The van der Waals surface area contributed by atoms with Crippen molar-refractivity contribution < 1.29 is 9.84 Å². The van der Waals surface area contributed by atoms with Gasteiger partial charge in [-0.25, -0.2) is 4.99 Å². The second-order valence-corrected chi connectivity index (χ2v) is 4.85. The largest absolute Gasteiger partial charge is 0.504 e. The first kappa shape index (κ1) is 10.2. The van der Waals surface area contributed by atoms with Crippen molar-refractivity contribution >= 4 is 32.3 Å². The number of nitriles is 1. The number of ether oxygens (including phenoxy) is 1. The summed E-state index contributed by atoms with van der Waals surface area (Å²) in [5, 5.41) is 18.6. The molecule has 0 unspecified atom stereocenters. The number of rotatable bonds is 1. The first-order valence-corrected chi connectivity index (χ1v) is 6.14. The maximum atomic E-state index is 9.53. The number of benzene rings is 1. The minimum atomic E-state index is 0.0322. The topological polar surface area (TPSA) is 65.6 Å². The molecule has 0 saturated heterocycles.